The highest BCUT2D eigenvalue weighted by Crippen LogP contribution is 2.24. The van der Waals surface area contributed by atoms with Gasteiger partial charge in [-0.05, 0) is 38.1 Å². The van der Waals surface area contributed by atoms with Gasteiger partial charge in [0.05, 0.1) is 6.10 Å². The van der Waals surface area contributed by atoms with Crippen molar-refractivity contribution < 1.29 is 19.1 Å². The summed E-state index contributed by atoms with van der Waals surface area (Å²) in [6, 6.07) is 7.05. The number of aromatic carboxylic acids is 1. The topological polar surface area (TPSA) is 72.6 Å². The third-order valence-electron chi connectivity index (χ3n) is 2.26. The normalized spacial score (nSPS) is 10.6. The number of aromatic nitrogens is 1. The van der Waals surface area contributed by atoms with E-state index in [1.165, 1.54) is 0 Å². The number of rotatable bonds is 4. The van der Waals surface area contributed by atoms with Crippen molar-refractivity contribution in [2.75, 3.05) is 0 Å². The summed E-state index contributed by atoms with van der Waals surface area (Å²) in [4.78, 5) is 14.8. The van der Waals surface area contributed by atoms with E-state index in [-0.39, 0.29) is 11.9 Å². The number of nitrogens with zero attached hydrogens (tertiary/aromatic N) is 1. The van der Waals surface area contributed by atoms with Gasteiger partial charge in [0.1, 0.15) is 11.4 Å². The van der Waals surface area contributed by atoms with Gasteiger partial charge in [0.15, 0.2) is 6.39 Å². The summed E-state index contributed by atoms with van der Waals surface area (Å²) in [6.45, 7) is 3.88. The SMILES string of the molecule is CC(C)Oc1ccc(-c2ncoc2C(=O)O)cc1. The van der Waals surface area contributed by atoms with Crippen LogP contribution in [0.1, 0.15) is 24.4 Å². The van der Waals surface area contributed by atoms with Crippen molar-refractivity contribution in [2.24, 2.45) is 0 Å². The maximum Gasteiger partial charge on any atom is 0.374 e. The molecule has 0 unspecified atom stereocenters. The molecule has 0 spiro atoms. The highest BCUT2D eigenvalue weighted by molar-refractivity contribution is 5.91. The molecular formula is C13H13NO4. The molecule has 1 N–H and O–H groups in total. The van der Waals surface area contributed by atoms with Crippen molar-refractivity contribution in [1.82, 2.24) is 4.98 Å². The molecule has 0 bridgehead atoms. The summed E-state index contributed by atoms with van der Waals surface area (Å²) < 4.78 is 10.3. The van der Waals surface area contributed by atoms with E-state index in [2.05, 4.69) is 4.98 Å². The molecule has 94 valence electrons. The molecule has 2 rings (SSSR count). The van der Waals surface area contributed by atoms with Gasteiger partial charge in [0, 0.05) is 5.56 Å². The van der Waals surface area contributed by atoms with E-state index < -0.39 is 5.97 Å². The van der Waals surface area contributed by atoms with Crippen LogP contribution in [0.5, 0.6) is 5.75 Å². The third-order valence-corrected chi connectivity index (χ3v) is 2.26. The summed E-state index contributed by atoms with van der Waals surface area (Å²) in [5, 5.41) is 8.93. The largest absolute Gasteiger partial charge is 0.491 e. The van der Waals surface area contributed by atoms with Crippen LogP contribution in [0.2, 0.25) is 0 Å². The number of carbonyl (C=O) groups is 1. The molecule has 0 radical (unpaired) electrons. The molecule has 1 heterocycles. The lowest BCUT2D eigenvalue weighted by Gasteiger charge is -2.09. The van der Waals surface area contributed by atoms with Gasteiger partial charge < -0.3 is 14.3 Å². The number of hydrogen-bond acceptors (Lipinski definition) is 4. The standard InChI is InChI=1S/C13H13NO4/c1-8(2)18-10-5-3-9(4-6-10)11-12(13(15)16)17-7-14-11/h3-8H,1-2H3,(H,15,16). The minimum absolute atomic E-state index is 0.0949. The van der Waals surface area contributed by atoms with Crippen LogP contribution in [0.15, 0.2) is 35.1 Å². The van der Waals surface area contributed by atoms with Gasteiger partial charge in [-0.3, -0.25) is 0 Å². The Kier molecular flexibility index (Phi) is 3.32. The van der Waals surface area contributed by atoms with Crippen LogP contribution in [0.3, 0.4) is 0 Å². The van der Waals surface area contributed by atoms with Gasteiger partial charge in [-0.25, -0.2) is 9.78 Å². The van der Waals surface area contributed by atoms with Gasteiger partial charge in [0.25, 0.3) is 0 Å². The Hall–Kier alpha value is -2.30. The lowest BCUT2D eigenvalue weighted by molar-refractivity contribution is 0.0663. The quantitative estimate of drug-likeness (QED) is 0.899. The van der Waals surface area contributed by atoms with Crippen molar-refractivity contribution in [3.05, 3.63) is 36.4 Å². The zero-order valence-corrected chi connectivity index (χ0v) is 10.1. The number of carboxylic acids is 1. The van der Waals surface area contributed by atoms with Gasteiger partial charge in [-0.15, -0.1) is 0 Å². The smallest absolute Gasteiger partial charge is 0.374 e. The second-order valence-corrected chi connectivity index (χ2v) is 4.03. The van der Waals surface area contributed by atoms with Crippen LogP contribution < -0.4 is 4.74 Å². The first kappa shape index (κ1) is 12.2. The average Bonchev–Trinajstić information content (AvgIpc) is 2.78. The lowest BCUT2D eigenvalue weighted by Crippen LogP contribution is -2.05. The Morgan fingerprint density at radius 2 is 2.00 bits per heavy atom. The van der Waals surface area contributed by atoms with E-state index in [0.717, 1.165) is 12.1 Å². The molecule has 0 saturated carbocycles. The molecule has 5 nitrogen and oxygen atoms in total. The maximum absolute atomic E-state index is 10.9. The van der Waals surface area contributed by atoms with Crippen molar-refractivity contribution in [3.63, 3.8) is 0 Å². The van der Waals surface area contributed by atoms with Crippen LogP contribution in [0.25, 0.3) is 11.3 Å². The Morgan fingerprint density at radius 3 is 2.56 bits per heavy atom. The van der Waals surface area contributed by atoms with Crippen molar-refractivity contribution in [1.29, 1.82) is 0 Å². The van der Waals surface area contributed by atoms with Gasteiger partial charge in [-0.1, -0.05) is 0 Å². The molecule has 0 aliphatic rings. The van der Waals surface area contributed by atoms with Crippen LogP contribution in [0.4, 0.5) is 0 Å². The summed E-state index contributed by atoms with van der Waals surface area (Å²) in [6.07, 6.45) is 1.22. The van der Waals surface area contributed by atoms with E-state index in [4.69, 9.17) is 14.3 Å². The van der Waals surface area contributed by atoms with Crippen LogP contribution in [0, 0.1) is 0 Å². The highest BCUT2D eigenvalue weighted by Gasteiger charge is 2.17. The Labute approximate surface area is 104 Å². The summed E-state index contributed by atoms with van der Waals surface area (Å²) >= 11 is 0. The fourth-order valence-electron chi connectivity index (χ4n) is 1.57. The van der Waals surface area contributed by atoms with Crippen molar-refractivity contribution >= 4 is 5.97 Å². The van der Waals surface area contributed by atoms with Crippen LogP contribution >= 0.6 is 0 Å². The third kappa shape index (κ3) is 2.51. The number of carboxylic acid groups (broad SMARTS) is 1. The predicted molar refractivity (Wildman–Crippen MR) is 64.7 cm³/mol. The van der Waals surface area contributed by atoms with E-state index >= 15 is 0 Å². The maximum atomic E-state index is 10.9. The monoisotopic (exact) mass is 247 g/mol. The molecule has 1 aromatic carbocycles. The number of hydrogen-bond donors (Lipinski definition) is 1. The first-order valence-corrected chi connectivity index (χ1v) is 5.52. The molecule has 0 amide bonds. The van der Waals surface area contributed by atoms with Gasteiger partial charge >= 0.3 is 5.97 Å². The van der Waals surface area contributed by atoms with E-state index in [0.29, 0.717) is 11.3 Å². The molecule has 1 aromatic heterocycles. The average molecular weight is 247 g/mol. The Morgan fingerprint density at radius 1 is 1.33 bits per heavy atom. The molecule has 2 aromatic rings. The first-order chi connectivity index (χ1) is 8.58. The van der Waals surface area contributed by atoms with Gasteiger partial charge in [-0.2, -0.15) is 0 Å². The molecule has 18 heavy (non-hydrogen) atoms. The van der Waals surface area contributed by atoms with Crippen molar-refractivity contribution in [2.45, 2.75) is 20.0 Å². The molecule has 0 saturated heterocycles. The predicted octanol–water partition coefficient (Wildman–Crippen LogP) is 2.83. The zero-order valence-electron chi connectivity index (χ0n) is 10.1. The van der Waals surface area contributed by atoms with Crippen LogP contribution in [-0.2, 0) is 0 Å². The van der Waals surface area contributed by atoms with Crippen molar-refractivity contribution in [3.8, 4) is 17.0 Å². The fourth-order valence-corrected chi connectivity index (χ4v) is 1.57. The van der Waals surface area contributed by atoms with Crippen LogP contribution in [-0.4, -0.2) is 22.2 Å². The Bertz CT molecular complexity index is 542. The van der Waals surface area contributed by atoms with E-state index in [9.17, 15) is 4.79 Å². The minimum Gasteiger partial charge on any atom is -0.491 e. The number of benzene rings is 1. The number of ether oxygens (including phenoxy) is 1. The molecular weight excluding hydrogens is 234 g/mol. The Balaban J connectivity index is 2.29. The number of oxazole rings is 1. The van der Waals surface area contributed by atoms with E-state index in [1.807, 2.05) is 13.8 Å². The first-order valence-electron chi connectivity index (χ1n) is 5.52. The molecule has 0 aliphatic carbocycles. The molecule has 0 atom stereocenters. The second-order valence-electron chi connectivity index (χ2n) is 4.03. The molecule has 0 fully saturated rings. The van der Waals surface area contributed by atoms with E-state index in [1.54, 1.807) is 24.3 Å². The highest BCUT2D eigenvalue weighted by atomic mass is 16.5. The second kappa shape index (κ2) is 4.91. The molecule has 0 aliphatic heterocycles. The summed E-state index contributed by atoms with van der Waals surface area (Å²) in [7, 11) is 0. The zero-order chi connectivity index (χ0) is 13.1. The summed E-state index contributed by atoms with van der Waals surface area (Å²) in [5.41, 5.74) is 0.996. The lowest BCUT2D eigenvalue weighted by atomic mass is 10.1. The summed E-state index contributed by atoms with van der Waals surface area (Å²) in [5.74, 6) is -0.563. The fraction of sp³-hybridized carbons (Fsp3) is 0.231. The van der Waals surface area contributed by atoms with Gasteiger partial charge in [0.2, 0.25) is 5.76 Å². The molecule has 5 heteroatoms. The minimum atomic E-state index is -1.13.